The molecule has 124 valence electrons. The number of nitrogens with one attached hydrogen (secondary N) is 1. The Morgan fingerprint density at radius 1 is 1.20 bits per heavy atom. The zero-order chi connectivity index (χ0) is 17.6. The van der Waals surface area contributed by atoms with E-state index in [1.807, 2.05) is 31.2 Å². The number of para-hydroxylation sites is 1. The molecule has 1 aliphatic heterocycles. The summed E-state index contributed by atoms with van der Waals surface area (Å²) in [5.41, 5.74) is 3.92. The standard InChI is InChI=1S/C19H14ClN3O2/c1-11-15(14-7-2-3-8-16(14)21-11)10-17-18(24)23(19(25)22-17)13-6-4-5-12(20)9-13/h2-10,24H,1H3,(H,22,25)/b15-10+. The van der Waals surface area contributed by atoms with Gasteiger partial charge in [-0.1, -0.05) is 35.9 Å². The highest BCUT2D eigenvalue weighted by Gasteiger charge is 2.20. The van der Waals surface area contributed by atoms with Crippen molar-refractivity contribution in [2.75, 3.05) is 0 Å². The summed E-state index contributed by atoms with van der Waals surface area (Å²) in [7, 11) is 0. The number of allylic oxidation sites excluding steroid dienone is 1. The minimum atomic E-state index is -0.438. The first-order chi connectivity index (χ1) is 12.0. The Kier molecular flexibility index (Phi) is 3.58. The van der Waals surface area contributed by atoms with Crippen LogP contribution in [0.4, 0.5) is 5.69 Å². The normalized spacial score (nSPS) is 14.6. The second kappa shape index (κ2) is 5.79. The van der Waals surface area contributed by atoms with Crippen LogP contribution in [0.5, 0.6) is 5.88 Å². The molecule has 0 bridgehead atoms. The number of halogens is 1. The molecule has 6 heteroatoms. The Morgan fingerprint density at radius 2 is 2.00 bits per heavy atom. The number of rotatable bonds is 2. The highest BCUT2D eigenvalue weighted by Crippen LogP contribution is 2.36. The van der Waals surface area contributed by atoms with Gasteiger partial charge in [-0.15, -0.1) is 0 Å². The van der Waals surface area contributed by atoms with Crippen LogP contribution in [-0.2, 0) is 0 Å². The number of nitrogens with zero attached hydrogens (tertiary/aromatic N) is 2. The summed E-state index contributed by atoms with van der Waals surface area (Å²) in [4.78, 5) is 19.5. The number of imidazole rings is 1. The van der Waals surface area contributed by atoms with E-state index >= 15 is 0 Å². The van der Waals surface area contributed by atoms with Gasteiger partial charge in [-0.3, -0.25) is 4.99 Å². The van der Waals surface area contributed by atoms with Crippen molar-refractivity contribution in [1.82, 2.24) is 9.55 Å². The highest BCUT2D eigenvalue weighted by molar-refractivity contribution is 6.31. The number of aromatic hydroxyl groups is 1. The van der Waals surface area contributed by atoms with Crippen molar-refractivity contribution in [3.05, 3.63) is 75.3 Å². The molecule has 0 aliphatic carbocycles. The van der Waals surface area contributed by atoms with E-state index in [-0.39, 0.29) is 5.88 Å². The first-order valence-electron chi connectivity index (χ1n) is 7.71. The lowest BCUT2D eigenvalue weighted by molar-refractivity contribution is 0.440. The maximum Gasteiger partial charge on any atom is 0.333 e. The van der Waals surface area contributed by atoms with Crippen LogP contribution in [0, 0.1) is 0 Å². The summed E-state index contributed by atoms with van der Waals surface area (Å²) in [5.74, 6) is -0.169. The molecule has 3 aromatic rings. The fourth-order valence-corrected chi connectivity index (χ4v) is 3.14. The van der Waals surface area contributed by atoms with Gasteiger partial charge in [-0.25, -0.2) is 9.36 Å². The molecule has 2 N–H and O–H groups in total. The van der Waals surface area contributed by atoms with Crippen molar-refractivity contribution in [3.63, 3.8) is 0 Å². The monoisotopic (exact) mass is 351 g/mol. The van der Waals surface area contributed by atoms with Gasteiger partial charge in [-0.2, -0.15) is 0 Å². The third-order valence-electron chi connectivity index (χ3n) is 4.12. The fourth-order valence-electron chi connectivity index (χ4n) is 2.96. The molecule has 0 spiro atoms. The maximum atomic E-state index is 12.3. The van der Waals surface area contributed by atoms with Gasteiger partial charge in [0.1, 0.15) is 5.69 Å². The zero-order valence-corrected chi connectivity index (χ0v) is 14.1. The molecule has 0 radical (unpaired) electrons. The minimum absolute atomic E-state index is 0.169. The summed E-state index contributed by atoms with van der Waals surface area (Å²) >= 11 is 5.98. The first-order valence-corrected chi connectivity index (χ1v) is 8.09. The van der Waals surface area contributed by atoms with Crippen LogP contribution in [0.2, 0.25) is 5.02 Å². The average Bonchev–Trinajstić information content (AvgIpc) is 3.04. The maximum absolute atomic E-state index is 12.3. The van der Waals surface area contributed by atoms with Crippen LogP contribution in [0.3, 0.4) is 0 Å². The van der Waals surface area contributed by atoms with Gasteiger partial charge in [-0.05, 0) is 37.3 Å². The Morgan fingerprint density at radius 3 is 2.80 bits per heavy atom. The Bertz CT molecular complexity index is 1110. The molecule has 5 nitrogen and oxygen atoms in total. The summed E-state index contributed by atoms with van der Waals surface area (Å²) in [6.45, 7) is 1.90. The van der Waals surface area contributed by atoms with E-state index in [9.17, 15) is 9.90 Å². The summed E-state index contributed by atoms with van der Waals surface area (Å²) in [5, 5.41) is 11.0. The molecular weight excluding hydrogens is 338 g/mol. The van der Waals surface area contributed by atoms with Gasteiger partial charge < -0.3 is 10.1 Å². The van der Waals surface area contributed by atoms with Crippen LogP contribution in [-0.4, -0.2) is 20.4 Å². The SMILES string of the molecule is CC1=Nc2ccccc2/C1=C/c1[nH]c(=O)n(-c2cccc(Cl)c2)c1O. The van der Waals surface area contributed by atoms with E-state index in [1.165, 1.54) is 4.57 Å². The summed E-state index contributed by atoms with van der Waals surface area (Å²) < 4.78 is 1.19. The van der Waals surface area contributed by atoms with Gasteiger partial charge in [0.2, 0.25) is 5.88 Å². The van der Waals surface area contributed by atoms with E-state index in [1.54, 1.807) is 30.3 Å². The highest BCUT2D eigenvalue weighted by atomic mass is 35.5. The van der Waals surface area contributed by atoms with Crippen molar-refractivity contribution >= 4 is 34.6 Å². The molecule has 0 saturated carbocycles. The number of fused-ring (bicyclic) bond motifs is 1. The number of H-pyrrole nitrogens is 1. The van der Waals surface area contributed by atoms with Gasteiger partial charge >= 0.3 is 5.69 Å². The number of aromatic amines is 1. The lowest BCUT2D eigenvalue weighted by Gasteiger charge is -2.04. The molecule has 1 aliphatic rings. The Labute approximate surface area is 148 Å². The molecule has 25 heavy (non-hydrogen) atoms. The van der Waals surface area contributed by atoms with Crippen LogP contribution >= 0.6 is 11.6 Å². The van der Waals surface area contributed by atoms with Crippen LogP contribution in [0.25, 0.3) is 17.3 Å². The Hall–Kier alpha value is -3.05. The second-order valence-corrected chi connectivity index (χ2v) is 6.19. The first kappa shape index (κ1) is 15.5. The van der Waals surface area contributed by atoms with Crippen LogP contribution in [0.15, 0.2) is 58.3 Å². The van der Waals surface area contributed by atoms with E-state index in [2.05, 4.69) is 9.98 Å². The number of aliphatic imine (C=N–C) groups is 1. The minimum Gasteiger partial charge on any atom is -0.493 e. The van der Waals surface area contributed by atoms with Crippen LogP contribution < -0.4 is 5.69 Å². The van der Waals surface area contributed by atoms with E-state index in [0.29, 0.717) is 16.4 Å². The number of hydrogen-bond acceptors (Lipinski definition) is 3. The molecule has 0 unspecified atom stereocenters. The zero-order valence-electron chi connectivity index (χ0n) is 13.3. The van der Waals surface area contributed by atoms with Crippen molar-refractivity contribution in [3.8, 4) is 11.6 Å². The molecular formula is C19H14ClN3O2. The Balaban J connectivity index is 1.85. The average molecular weight is 352 g/mol. The van der Waals surface area contributed by atoms with Gasteiger partial charge in [0.25, 0.3) is 0 Å². The third kappa shape index (κ3) is 2.58. The number of hydrogen-bond donors (Lipinski definition) is 2. The molecule has 2 heterocycles. The van der Waals surface area contributed by atoms with E-state index in [0.717, 1.165) is 22.5 Å². The quantitative estimate of drug-likeness (QED) is 0.727. The van der Waals surface area contributed by atoms with Crippen LogP contribution in [0.1, 0.15) is 18.2 Å². The predicted octanol–water partition coefficient (Wildman–Crippen LogP) is 4.17. The lowest BCUT2D eigenvalue weighted by Crippen LogP contribution is -2.14. The third-order valence-corrected chi connectivity index (χ3v) is 4.36. The number of benzene rings is 2. The number of aromatic nitrogens is 2. The second-order valence-electron chi connectivity index (χ2n) is 5.76. The topological polar surface area (TPSA) is 70.4 Å². The fraction of sp³-hybridized carbons (Fsp3) is 0.0526. The largest absolute Gasteiger partial charge is 0.493 e. The van der Waals surface area contributed by atoms with E-state index in [4.69, 9.17) is 11.6 Å². The van der Waals surface area contributed by atoms with Crippen molar-refractivity contribution in [2.24, 2.45) is 4.99 Å². The van der Waals surface area contributed by atoms with E-state index < -0.39 is 5.69 Å². The van der Waals surface area contributed by atoms with Gasteiger partial charge in [0, 0.05) is 21.9 Å². The van der Waals surface area contributed by atoms with Crippen molar-refractivity contribution < 1.29 is 5.11 Å². The van der Waals surface area contributed by atoms with Crippen molar-refractivity contribution in [1.29, 1.82) is 0 Å². The molecule has 1 aromatic heterocycles. The predicted molar refractivity (Wildman–Crippen MR) is 100 cm³/mol. The smallest absolute Gasteiger partial charge is 0.333 e. The van der Waals surface area contributed by atoms with Crippen molar-refractivity contribution in [2.45, 2.75) is 6.92 Å². The van der Waals surface area contributed by atoms with Gasteiger partial charge in [0.05, 0.1) is 11.4 Å². The lowest BCUT2D eigenvalue weighted by atomic mass is 10.0. The summed E-state index contributed by atoms with van der Waals surface area (Å²) in [6.07, 6.45) is 1.74. The molecule has 0 amide bonds. The molecule has 2 aromatic carbocycles. The molecule has 4 rings (SSSR count). The van der Waals surface area contributed by atoms with Gasteiger partial charge in [0.15, 0.2) is 0 Å². The molecule has 0 atom stereocenters. The molecule has 0 saturated heterocycles. The summed E-state index contributed by atoms with van der Waals surface area (Å²) in [6, 6.07) is 14.5. The molecule has 0 fully saturated rings.